The lowest BCUT2D eigenvalue weighted by atomic mass is 9.86. The molecule has 2 rings (SSSR count). The molecule has 1 amide bonds. The van der Waals surface area contributed by atoms with Gasteiger partial charge in [0.2, 0.25) is 5.91 Å². The van der Waals surface area contributed by atoms with Crippen LogP contribution in [0.4, 0.5) is 4.39 Å². The van der Waals surface area contributed by atoms with E-state index in [4.69, 9.17) is 11.6 Å². The van der Waals surface area contributed by atoms with Crippen molar-refractivity contribution in [1.29, 1.82) is 0 Å². The van der Waals surface area contributed by atoms with Crippen molar-refractivity contribution in [1.82, 2.24) is 5.32 Å². The van der Waals surface area contributed by atoms with Crippen molar-refractivity contribution < 1.29 is 9.18 Å². The van der Waals surface area contributed by atoms with Crippen LogP contribution in [0.3, 0.4) is 0 Å². The number of thioether (sulfide) groups is 1. The van der Waals surface area contributed by atoms with Crippen molar-refractivity contribution in [3.05, 3.63) is 70.0 Å². The molecule has 0 aliphatic rings. The van der Waals surface area contributed by atoms with E-state index in [9.17, 15) is 9.18 Å². The summed E-state index contributed by atoms with van der Waals surface area (Å²) in [5.74, 6) is 0.326. The molecule has 1 N–H and O–H groups in total. The molecule has 0 saturated heterocycles. The van der Waals surface area contributed by atoms with Crippen molar-refractivity contribution in [3.8, 4) is 0 Å². The largest absolute Gasteiger partial charge is 0.349 e. The van der Waals surface area contributed by atoms with Gasteiger partial charge in [0, 0.05) is 10.8 Å². The first-order valence-corrected chi connectivity index (χ1v) is 10.1. The minimum Gasteiger partial charge on any atom is -0.349 e. The summed E-state index contributed by atoms with van der Waals surface area (Å²) in [5, 5.41) is 3.37. The number of rotatable bonds is 6. The van der Waals surface area contributed by atoms with Crippen LogP contribution in [0.15, 0.2) is 42.5 Å². The van der Waals surface area contributed by atoms with Crippen molar-refractivity contribution in [2.45, 2.75) is 44.9 Å². The lowest BCUT2D eigenvalue weighted by Crippen LogP contribution is -2.28. The molecular weight excluding hydrogens is 369 g/mol. The monoisotopic (exact) mass is 393 g/mol. The summed E-state index contributed by atoms with van der Waals surface area (Å²) in [6.45, 7) is 8.49. The molecule has 1 atom stereocenters. The molecular formula is C21H25ClFNOS. The van der Waals surface area contributed by atoms with Crippen LogP contribution in [0.5, 0.6) is 0 Å². The van der Waals surface area contributed by atoms with Gasteiger partial charge in [0.25, 0.3) is 0 Å². The Bertz CT molecular complexity index is 756. The van der Waals surface area contributed by atoms with E-state index in [-0.39, 0.29) is 28.9 Å². The minimum atomic E-state index is -0.335. The van der Waals surface area contributed by atoms with Gasteiger partial charge >= 0.3 is 0 Å². The third kappa shape index (κ3) is 6.03. The molecule has 140 valence electrons. The Kier molecular flexibility index (Phi) is 7.13. The first kappa shape index (κ1) is 20.8. The van der Waals surface area contributed by atoms with Gasteiger partial charge in [-0.3, -0.25) is 4.79 Å². The van der Waals surface area contributed by atoms with E-state index in [2.05, 4.69) is 50.4 Å². The zero-order chi connectivity index (χ0) is 19.3. The van der Waals surface area contributed by atoms with E-state index < -0.39 is 0 Å². The molecule has 0 aliphatic carbocycles. The van der Waals surface area contributed by atoms with Crippen molar-refractivity contribution in [2.75, 3.05) is 5.75 Å². The molecule has 5 heteroatoms. The Hall–Kier alpha value is -1.52. The van der Waals surface area contributed by atoms with E-state index >= 15 is 0 Å². The lowest BCUT2D eigenvalue weighted by Gasteiger charge is -2.20. The summed E-state index contributed by atoms with van der Waals surface area (Å²) in [4.78, 5) is 12.1. The number of halogens is 2. The molecule has 0 spiro atoms. The summed E-state index contributed by atoms with van der Waals surface area (Å²) < 4.78 is 13.7. The van der Waals surface area contributed by atoms with Crippen molar-refractivity contribution in [2.24, 2.45) is 0 Å². The average molecular weight is 394 g/mol. The average Bonchev–Trinajstić information content (AvgIpc) is 2.56. The zero-order valence-corrected chi connectivity index (χ0v) is 17.2. The number of carbonyl (C=O) groups excluding carboxylic acids is 1. The van der Waals surface area contributed by atoms with E-state index in [1.807, 2.05) is 6.92 Å². The Labute approximate surface area is 164 Å². The maximum Gasteiger partial charge on any atom is 0.230 e. The van der Waals surface area contributed by atoms with Crippen LogP contribution in [0, 0.1) is 5.82 Å². The summed E-state index contributed by atoms with van der Waals surface area (Å²) in [5.41, 5.74) is 3.00. The normalized spacial score (nSPS) is 12.7. The summed E-state index contributed by atoms with van der Waals surface area (Å²) in [6.07, 6.45) is 0. The molecule has 0 heterocycles. The zero-order valence-electron chi connectivity index (χ0n) is 15.6. The molecule has 0 bridgehead atoms. The fourth-order valence-electron chi connectivity index (χ4n) is 2.53. The van der Waals surface area contributed by atoms with Gasteiger partial charge in [-0.15, -0.1) is 11.8 Å². The third-order valence-corrected chi connectivity index (χ3v) is 5.38. The molecule has 26 heavy (non-hydrogen) atoms. The molecule has 0 unspecified atom stereocenters. The standard InChI is InChI=1S/C21H25ClFNOS/c1-14(15-5-8-17(9-6-15)21(2,3)4)24-20(25)13-26-12-16-7-10-18(22)11-19(16)23/h5-11,14H,12-13H2,1-4H3,(H,24,25)/t14-/m1/s1. The van der Waals surface area contributed by atoms with Crippen LogP contribution >= 0.6 is 23.4 Å². The van der Waals surface area contributed by atoms with Gasteiger partial charge in [-0.05, 0) is 41.2 Å². The fraction of sp³-hybridized carbons (Fsp3) is 0.381. The molecule has 0 aromatic heterocycles. The molecule has 0 radical (unpaired) electrons. The van der Waals surface area contributed by atoms with Crippen LogP contribution < -0.4 is 5.32 Å². The third-order valence-electron chi connectivity index (χ3n) is 4.16. The number of carbonyl (C=O) groups is 1. The summed E-state index contributed by atoms with van der Waals surface area (Å²) in [7, 11) is 0. The number of amides is 1. The predicted octanol–water partition coefficient (Wildman–Crippen LogP) is 5.89. The van der Waals surface area contributed by atoms with Crippen LogP contribution in [0.25, 0.3) is 0 Å². The maximum absolute atomic E-state index is 13.7. The second-order valence-corrected chi connectivity index (χ2v) is 8.81. The summed E-state index contributed by atoms with van der Waals surface area (Å²) in [6, 6.07) is 12.9. The van der Waals surface area contributed by atoms with Gasteiger partial charge in [0.05, 0.1) is 11.8 Å². The van der Waals surface area contributed by atoms with Gasteiger partial charge in [-0.2, -0.15) is 0 Å². The highest BCUT2D eigenvalue weighted by Gasteiger charge is 2.15. The Morgan fingerprint density at radius 2 is 1.85 bits per heavy atom. The first-order valence-electron chi connectivity index (χ1n) is 8.58. The second-order valence-electron chi connectivity index (χ2n) is 7.39. The number of benzene rings is 2. The highest BCUT2D eigenvalue weighted by molar-refractivity contribution is 7.99. The Morgan fingerprint density at radius 1 is 1.19 bits per heavy atom. The molecule has 2 aromatic rings. The highest BCUT2D eigenvalue weighted by atomic mass is 35.5. The van der Waals surface area contributed by atoms with E-state index in [1.54, 1.807) is 12.1 Å². The van der Waals surface area contributed by atoms with Crippen LogP contribution in [-0.2, 0) is 16.0 Å². The van der Waals surface area contributed by atoms with E-state index in [0.717, 1.165) is 5.56 Å². The number of hydrogen-bond acceptors (Lipinski definition) is 2. The van der Waals surface area contributed by atoms with Gasteiger partial charge in [-0.25, -0.2) is 4.39 Å². The second kappa shape index (κ2) is 8.92. The number of hydrogen-bond donors (Lipinski definition) is 1. The quantitative estimate of drug-likeness (QED) is 0.663. The van der Waals surface area contributed by atoms with Gasteiger partial charge < -0.3 is 5.32 Å². The molecule has 2 nitrogen and oxygen atoms in total. The molecule has 0 aliphatic heterocycles. The fourth-order valence-corrected chi connectivity index (χ4v) is 3.51. The van der Waals surface area contributed by atoms with Gasteiger partial charge in [0.15, 0.2) is 0 Å². The van der Waals surface area contributed by atoms with E-state index in [0.29, 0.717) is 16.3 Å². The van der Waals surface area contributed by atoms with Crippen LogP contribution in [0.2, 0.25) is 5.02 Å². The topological polar surface area (TPSA) is 29.1 Å². The maximum atomic E-state index is 13.7. The molecule has 2 aromatic carbocycles. The SMILES string of the molecule is C[C@@H](NC(=O)CSCc1ccc(Cl)cc1F)c1ccc(C(C)(C)C)cc1. The lowest BCUT2D eigenvalue weighted by molar-refractivity contribution is -0.119. The molecule has 0 fully saturated rings. The van der Waals surface area contributed by atoms with Gasteiger partial charge in [0.1, 0.15) is 5.82 Å². The van der Waals surface area contributed by atoms with E-state index in [1.165, 1.54) is 23.4 Å². The molecule has 0 saturated carbocycles. The minimum absolute atomic E-state index is 0.0585. The highest BCUT2D eigenvalue weighted by Crippen LogP contribution is 2.24. The van der Waals surface area contributed by atoms with Crippen LogP contribution in [0.1, 0.15) is 50.4 Å². The van der Waals surface area contributed by atoms with Gasteiger partial charge in [-0.1, -0.05) is 62.7 Å². The van der Waals surface area contributed by atoms with Crippen molar-refractivity contribution >= 4 is 29.3 Å². The predicted molar refractivity (Wildman–Crippen MR) is 109 cm³/mol. The Morgan fingerprint density at radius 3 is 2.42 bits per heavy atom. The van der Waals surface area contributed by atoms with Crippen molar-refractivity contribution in [3.63, 3.8) is 0 Å². The number of nitrogens with one attached hydrogen (secondary N) is 1. The smallest absolute Gasteiger partial charge is 0.230 e. The Balaban J connectivity index is 1.83. The first-order chi connectivity index (χ1) is 12.2. The summed E-state index contributed by atoms with van der Waals surface area (Å²) >= 11 is 7.12. The van der Waals surface area contributed by atoms with Crippen LogP contribution in [-0.4, -0.2) is 11.7 Å².